The molecule has 1 amide bonds. The molecule has 29 heavy (non-hydrogen) atoms. The van der Waals surface area contributed by atoms with E-state index >= 15 is 0 Å². The van der Waals surface area contributed by atoms with Gasteiger partial charge in [0.15, 0.2) is 0 Å². The summed E-state index contributed by atoms with van der Waals surface area (Å²) in [7, 11) is -3.48. The minimum absolute atomic E-state index is 0.0535. The second-order valence-electron chi connectivity index (χ2n) is 6.81. The van der Waals surface area contributed by atoms with Crippen molar-refractivity contribution in [1.29, 1.82) is 0 Å². The molecular formula is C22H21N3O3S. The van der Waals surface area contributed by atoms with Gasteiger partial charge in [-0.3, -0.25) is 14.1 Å². The van der Waals surface area contributed by atoms with Gasteiger partial charge in [-0.1, -0.05) is 42.5 Å². The van der Waals surface area contributed by atoms with E-state index in [0.29, 0.717) is 13.0 Å². The molecule has 4 rings (SSSR count). The molecule has 148 valence electrons. The number of amides is 1. The van der Waals surface area contributed by atoms with E-state index in [1.165, 1.54) is 10.4 Å². The molecule has 2 aromatic carbocycles. The highest BCUT2D eigenvalue weighted by molar-refractivity contribution is 7.92. The predicted octanol–water partition coefficient (Wildman–Crippen LogP) is 2.76. The van der Waals surface area contributed by atoms with Crippen LogP contribution in [0.1, 0.15) is 11.1 Å². The Kier molecular flexibility index (Phi) is 5.31. The van der Waals surface area contributed by atoms with Crippen molar-refractivity contribution in [3.63, 3.8) is 0 Å². The molecule has 0 bridgehead atoms. The SMILES string of the molecule is O=C(/C=C/c1cccc2cccnc12)NCCS(=O)(=O)N1CCc2ccccc21. The molecule has 1 aliphatic heterocycles. The largest absolute Gasteiger partial charge is 0.351 e. The first-order chi connectivity index (χ1) is 14.0. The number of hydrogen-bond acceptors (Lipinski definition) is 4. The van der Waals surface area contributed by atoms with Crippen molar-refractivity contribution in [2.24, 2.45) is 0 Å². The quantitative estimate of drug-likeness (QED) is 0.637. The van der Waals surface area contributed by atoms with Crippen molar-refractivity contribution in [2.75, 3.05) is 23.1 Å². The normalized spacial score (nSPS) is 13.7. The molecular weight excluding hydrogens is 386 g/mol. The Balaban J connectivity index is 1.36. The van der Waals surface area contributed by atoms with Gasteiger partial charge < -0.3 is 5.32 Å². The summed E-state index contributed by atoms with van der Waals surface area (Å²) in [6.45, 7) is 0.502. The highest BCUT2D eigenvalue weighted by Crippen LogP contribution is 2.29. The Labute approximate surface area is 169 Å². The smallest absolute Gasteiger partial charge is 0.244 e. The summed E-state index contributed by atoms with van der Waals surface area (Å²) >= 11 is 0. The fourth-order valence-electron chi connectivity index (χ4n) is 3.50. The number of rotatable bonds is 6. The molecule has 0 fully saturated rings. The lowest BCUT2D eigenvalue weighted by atomic mass is 10.1. The highest BCUT2D eigenvalue weighted by Gasteiger charge is 2.28. The van der Waals surface area contributed by atoms with Crippen LogP contribution in [0.5, 0.6) is 0 Å². The van der Waals surface area contributed by atoms with Crippen LogP contribution in [-0.2, 0) is 21.2 Å². The van der Waals surface area contributed by atoms with Gasteiger partial charge in [0.1, 0.15) is 0 Å². The number of sulfonamides is 1. The average Bonchev–Trinajstić information content (AvgIpc) is 3.17. The van der Waals surface area contributed by atoms with Gasteiger partial charge in [-0.15, -0.1) is 0 Å². The summed E-state index contributed by atoms with van der Waals surface area (Å²) in [4.78, 5) is 16.5. The molecule has 0 saturated heterocycles. The molecule has 1 N–H and O–H groups in total. The second-order valence-corrected chi connectivity index (χ2v) is 8.83. The third-order valence-electron chi connectivity index (χ3n) is 4.92. The molecule has 0 unspecified atom stereocenters. The fraction of sp³-hybridized carbons (Fsp3) is 0.182. The van der Waals surface area contributed by atoms with Crippen molar-refractivity contribution < 1.29 is 13.2 Å². The Morgan fingerprint density at radius 1 is 1.10 bits per heavy atom. The Hall–Kier alpha value is -3.19. The molecule has 0 radical (unpaired) electrons. The predicted molar refractivity (Wildman–Crippen MR) is 115 cm³/mol. The maximum atomic E-state index is 12.7. The number of aromatic nitrogens is 1. The van der Waals surface area contributed by atoms with Crippen LogP contribution in [0.15, 0.2) is 66.9 Å². The number of benzene rings is 2. The third kappa shape index (κ3) is 4.14. The van der Waals surface area contributed by atoms with Gasteiger partial charge in [-0.2, -0.15) is 0 Å². The highest BCUT2D eigenvalue weighted by atomic mass is 32.2. The van der Waals surface area contributed by atoms with Crippen LogP contribution in [0.2, 0.25) is 0 Å². The monoisotopic (exact) mass is 407 g/mol. The number of nitrogens with one attached hydrogen (secondary N) is 1. The summed E-state index contributed by atoms with van der Waals surface area (Å²) in [5.74, 6) is -0.480. The van der Waals surface area contributed by atoms with E-state index in [9.17, 15) is 13.2 Å². The fourth-order valence-corrected chi connectivity index (χ4v) is 4.92. The molecule has 0 atom stereocenters. The number of hydrogen-bond donors (Lipinski definition) is 1. The molecule has 3 aromatic rings. The van der Waals surface area contributed by atoms with E-state index in [4.69, 9.17) is 0 Å². The van der Waals surface area contributed by atoms with Gasteiger partial charge in [0.2, 0.25) is 15.9 Å². The van der Waals surface area contributed by atoms with Crippen LogP contribution in [0.3, 0.4) is 0 Å². The third-order valence-corrected chi connectivity index (χ3v) is 6.69. The lowest BCUT2D eigenvalue weighted by Gasteiger charge is -2.19. The molecule has 1 aliphatic rings. The number of fused-ring (bicyclic) bond motifs is 2. The summed E-state index contributed by atoms with van der Waals surface area (Å²) < 4.78 is 26.7. The first-order valence-electron chi connectivity index (χ1n) is 9.42. The van der Waals surface area contributed by atoms with E-state index < -0.39 is 10.0 Å². The van der Waals surface area contributed by atoms with Gasteiger partial charge in [-0.25, -0.2) is 8.42 Å². The van der Waals surface area contributed by atoms with Gasteiger partial charge in [0, 0.05) is 36.3 Å². The van der Waals surface area contributed by atoms with Crippen LogP contribution < -0.4 is 9.62 Å². The zero-order chi connectivity index (χ0) is 20.3. The molecule has 0 aliphatic carbocycles. The van der Waals surface area contributed by atoms with Gasteiger partial charge in [0.25, 0.3) is 0 Å². The van der Waals surface area contributed by atoms with Crippen LogP contribution >= 0.6 is 0 Å². The van der Waals surface area contributed by atoms with Crippen molar-refractivity contribution in [1.82, 2.24) is 10.3 Å². The summed E-state index contributed by atoms with van der Waals surface area (Å²) in [5, 5.41) is 3.65. The van der Waals surface area contributed by atoms with Crippen LogP contribution in [0.25, 0.3) is 17.0 Å². The van der Waals surface area contributed by atoms with E-state index in [-0.39, 0.29) is 18.2 Å². The number of pyridine rings is 1. The maximum absolute atomic E-state index is 12.7. The molecule has 0 saturated carbocycles. The van der Waals surface area contributed by atoms with E-state index in [0.717, 1.165) is 27.7 Å². The van der Waals surface area contributed by atoms with Crippen LogP contribution in [-0.4, -0.2) is 38.2 Å². The minimum Gasteiger partial charge on any atom is -0.351 e. The lowest BCUT2D eigenvalue weighted by Crippen LogP contribution is -2.36. The summed E-state index contributed by atoms with van der Waals surface area (Å²) in [6, 6.07) is 17.1. The number of carbonyl (C=O) groups excluding carboxylic acids is 1. The summed E-state index contributed by atoms with van der Waals surface area (Å²) in [5.41, 5.74) is 3.42. The lowest BCUT2D eigenvalue weighted by molar-refractivity contribution is -0.116. The van der Waals surface area contributed by atoms with Crippen LogP contribution in [0, 0.1) is 0 Å². The molecule has 2 heterocycles. The van der Waals surface area contributed by atoms with Gasteiger partial charge in [-0.05, 0) is 30.2 Å². The van der Waals surface area contributed by atoms with Crippen molar-refractivity contribution >= 4 is 38.6 Å². The maximum Gasteiger partial charge on any atom is 0.244 e. The van der Waals surface area contributed by atoms with E-state index in [1.54, 1.807) is 12.3 Å². The first-order valence-corrected chi connectivity index (χ1v) is 11.0. The number of anilines is 1. The molecule has 6 nitrogen and oxygen atoms in total. The Bertz CT molecular complexity index is 1180. The number of carbonyl (C=O) groups is 1. The van der Waals surface area contributed by atoms with Crippen molar-refractivity contribution in [2.45, 2.75) is 6.42 Å². The molecule has 7 heteroatoms. The average molecular weight is 407 g/mol. The second kappa shape index (κ2) is 8.05. The zero-order valence-corrected chi connectivity index (χ0v) is 16.6. The van der Waals surface area contributed by atoms with Gasteiger partial charge >= 0.3 is 0 Å². The van der Waals surface area contributed by atoms with E-state index in [2.05, 4.69) is 10.3 Å². The standard InChI is InChI=1S/C22H21N3O3S/c26-21(11-10-19-7-3-6-18-8-4-13-24-22(18)19)23-14-16-29(27,28)25-15-12-17-5-1-2-9-20(17)25/h1-11,13H,12,14-16H2,(H,23,26)/b11-10+. The van der Waals surface area contributed by atoms with Gasteiger partial charge in [0.05, 0.1) is 17.0 Å². The van der Waals surface area contributed by atoms with Crippen LogP contribution in [0.4, 0.5) is 5.69 Å². The van der Waals surface area contributed by atoms with Crippen molar-refractivity contribution in [3.8, 4) is 0 Å². The number of nitrogens with zero attached hydrogens (tertiary/aromatic N) is 2. The van der Waals surface area contributed by atoms with Crippen molar-refractivity contribution in [3.05, 3.63) is 78.0 Å². The molecule has 1 aromatic heterocycles. The Morgan fingerprint density at radius 2 is 1.93 bits per heavy atom. The molecule has 0 spiro atoms. The Morgan fingerprint density at radius 3 is 2.83 bits per heavy atom. The zero-order valence-electron chi connectivity index (χ0n) is 15.8. The topological polar surface area (TPSA) is 79.4 Å². The first kappa shape index (κ1) is 19.1. The van der Waals surface area contributed by atoms with E-state index in [1.807, 2.05) is 54.6 Å². The minimum atomic E-state index is -3.48. The summed E-state index contributed by atoms with van der Waals surface area (Å²) in [6.07, 6.45) is 5.52. The number of para-hydroxylation sites is 2.